The minimum atomic E-state index is 0.0972. The molecule has 0 bridgehead atoms. The van der Waals surface area contributed by atoms with Gasteiger partial charge in [0.15, 0.2) is 5.78 Å². The van der Waals surface area contributed by atoms with Gasteiger partial charge in [0.1, 0.15) is 0 Å². The largest absolute Gasteiger partial charge is 0.289 e. The molecule has 0 fully saturated rings. The molecule has 0 aromatic heterocycles. The molecule has 1 heteroatoms. The lowest BCUT2D eigenvalue weighted by Gasteiger charge is -1.96. The van der Waals surface area contributed by atoms with E-state index in [1.54, 1.807) is 12.2 Å². The zero-order chi connectivity index (χ0) is 6.69. The van der Waals surface area contributed by atoms with Crippen molar-refractivity contribution in [3.05, 3.63) is 36.0 Å². The molecule has 1 aliphatic carbocycles. The van der Waals surface area contributed by atoms with Crippen molar-refractivity contribution in [3.63, 3.8) is 0 Å². The SMILES string of the molecule is C/C=C1\C=CC=CC1=O. The monoisotopic (exact) mass is 120 g/mol. The summed E-state index contributed by atoms with van der Waals surface area (Å²) < 4.78 is 0. The molecule has 0 aromatic carbocycles. The first-order valence-corrected chi connectivity index (χ1v) is 2.90. The van der Waals surface area contributed by atoms with Gasteiger partial charge in [-0.2, -0.15) is 0 Å². The Morgan fingerprint density at radius 3 is 2.44 bits per heavy atom. The number of carbonyl (C=O) groups is 1. The van der Waals surface area contributed by atoms with Crippen molar-refractivity contribution >= 4 is 5.78 Å². The quantitative estimate of drug-likeness (QED) is 0.444. The maximum Gasteiger partial charge on any atom is 0.185 e. The lowest BCUT2D eigenvalue weighted by molar-refractivity contribution is -0.111. The summed E-state index contributed by atoms with van der Waals surface area (Å²) >= 11 is 0. The van der Waals surface area contributed by atoms with Gasteiger partial charge < -0.3 is 0 Å². The molecule has 0 spiro atoms. The Hall–Kier alpha value is -1.11. The van der Waals surface area contributed by atoms with Crippen LogP contribution in [0.3, 0.4) is 0 Å². The van der Waals surface area contributed by atoms with E-state index in [2.05, 4.69) is 0 Å². The third-order valence-corrected chi connectivity index (χ3v) is 1.23. The van der Waals surface area contributed by atoms with Crippen LogP contribution in [0.1, 0.15) is 6.92 Å². The molecule has 0 saturated heterocycles. The first kappa shape index (κ1) is 6.02. The molecule has 0 heterocycles. The smallest absolute Gasteiger partial charge is 0.185 e. The molecule has 9 heavy (non-hydrogen) atoms. The predicted octanol–water partition coefficient (Wildman–Crippen LogP) is 1.63. The second-order valence-corrected chi connectivity index (χ2v) is 1.83. The molecule has 0 atom stereocenters. The van der Waals surface area contributed by atoms with Gasteiger partial charge in [0, 0.05) is 5.57 Å². The molecule has 46 valence electrons. The van der Waals surface area contributed by atoms with Crippen LogP contribution in [-0.2, 0) is 4.79 Å². The van der Waals surface area contributed by atoms with E-state index in [4.69, 9.17) is 0 Å². The average Bonchev–Trinajstić information content (AvgIpc) is 1.89. The number of hydrogen-bond donors (Lipinski definition) is 0. The highest BCUT2D eigenvalue weighted by Gasteiger charge is 2.01. The van der Waals surface area contributed by atoms with Crippen LogP contribution in [0.15, 0.2) is 36.0 Å². The highest BCUT2D eigenvalue weighted by atomic mass is 16.1. The normalized spacial score (nSPS) is 21.4. The zero-order valence-electron chi connectivity index (χ0n) is 5.29. The highest BCUT2D eigenvalue weighted by Crippen LogP contribution is 2.04. The summed E-state index contributed by atoms with van der Waals surface area (Å²) in [6.07, 6.45) is 8.78. The van der Waals surface area contributed by atoms with Crippen molar-refractivity contribution in [2.75, 3.05) is 0 Å². The van der Waals surface area contributed by atoms with Crippen LogP contribution in [0, 0.1) is 0 Å². The van der Waals surface area contributed by atoms with Crippen LogP contribution in [0.25, 0.3) is 0 Å². The fourth-order valence-corrected chi connectivity index (χ4v) is 0.719. The van der Waals surface area contributed by atoms with Gasteiger partial charge in [0.25, 0.3) is 0 Å². The molecule has 0 amide bonds. The van der Waals surface area contributed by atoms with Crippen LogP contribution in [0.4, 0.5) is 0 Å². The van der Waals surface area contributed by atoms with Gasteiger partial charge in [0.2, 0.25) is 0 Å². The van der Waals surface area contributed by atoms with Crippen molar-refractivity contribution in [2.45, 2.75) is 6.92 Å². The molecule has 1 nitrogen and oxygen atoms in total. The number of carbonyl (C=O) groups excluding carboxylic acids is 1. The minimum Gasteiger partial charge on any atom is -0.289 e. The van der Waals surface area contributed by atoms with E-state index in [1.807, 2.05) is 25.2 Å². The van der Waals surface area contributed by atoms with Crippen LogP contribution in [0.2, 0.25) is 0 Å². The van der Waals surface area contributed by atoms with E-state index >= 15 is 0 Å². The molecule has 1 aliphatic rings. The molecular formula is C8H8O. The third kappa shape index (κ3) is 1.17. The van der Waals surface area contributed by atoms with Crippen LogP contribution >= 0.6 is 0 Å². The van der Waals surface area contributed by atoms with E-state index in [1.165, 1.54) is 0 Å². The summed E-state index contributed by atoms with van der Waals surface area (Å²) in [5.41, 5.74) is 0.775. The molecule has 1 rings (SSSR count). The summed E-state index contributed by atoms with van der Waals surface area (Å²) in [5.74, 6) is 0.0972. The Labute approximate surface area is 54.4 Å². The number of allylic oxidation sites excluding steroid dienone is 6. The van der Waals surface area contributed by atoms with Crippen molar-refractivity contribution < 1.29 is 4.79 Å². The van der Waals surface area contributed by atoms with Gasteiger partial charge in [-0.1, -0.05) is 24.3 Å². The Morgan fingerprint density at radius 2 is 2.00 bits per heavy atom. The number of ketones is 1. The molecule has 0 saturated carbocycles. The summed E-state index contributed by atoms with van der Waals surface area (Å²) in [5, 5.41) is 0. The minimum absolute atomic E-state index is 0.0972. The van der Waals surface area contributed by atoms with E-state index in [9.17, 15) is 4.79 Å². The van der Waals surface area contributed by atoms with Crippen molar-refractivity contribution in [1.82, 2.24) is 0 Å². The molecule has 0 aromatic rings. The number of hydrogen-bond acceptors (Lipinski definition) is 1. The molecule has 0 unspecified atom stereocenters. The van der Waals surface area contributed by atoms with E-state index in [0.29, 0.717) is 0 Å². The van der Waals surface area contributed by atoms with E-state index in [-0.39, 0.29) is 5.78 Å². The van der Waals surface area contributed by atoms with Gasteiger partial charge in [-0.15, -0.1) is 0 Å². The van der Waals surface area contributed by atoms with Crippen molar-refractivity contribution in [3.8, 4) is 0 Å². The Morgan fingerprint density at radius 1 is 1.33 bits per heavy atom. The second-order valence-electron chi connectivity index (χ2n) is 1.83. The number of rotatable bonds is 0. The average molecular weight is 120 g/mol. The van der Waals surface area contributed by atoms with Gasteiger partial charge in [-0.25, -0.2) is 0 Å². The first-order valence-electron chi connectivity index (χ1n) is 2.90. The zero-order valence-corrected chi connectivity index (χ0v) is 5.29. The molecule has 0 aliphatic heterocycles. The van der Waals surface area contributed by atoms with Gasteiger partial charge in [-0.05, 0) is 13.0 Å². The lowest BCUT2D eigenvalue weighted by Crippen LogP contribution is -1.97. The van der Waals surface area contributed by atoms with Crippen molar-refractivity contribution in [2.24, 2.45) is 0 Å². The third-order valence-electron chi connectivity index (χ3n) is 1.23. The van der Waals surface area contributed by atoms with Crippen LogP contribution in [-0.4, -0.2) is 5.78 Å². The molecular weight excluding hydrogens is 112 g/mol. The fraction of sp³-hybridized carbons (Fsp3) is 0.125. The van der Waals surface area contributed by atoms with Gasteiger partial charge >= 0.3 is 0 Å². The Balaban J connectivity index is 2.91. The maximum absolute atomic E-state index is 10.8. The molecule has 0 N–H and O–H groups in total. The second kappa shape index (κ2) is 2.44. The van der Waals surface area contributed by atoms with Gasteiger partial charge in [-0.3, -0.25) is 4.79 Å². The lowest BCUT2D eigenvalue weighted by atomic mass is 10.1. The van der Waals surface area contributed by atoms with Crippen molar-refractivity contribution in [1.29, 1.82) is 0 Å². The summed E-state index contributed by atoms with van der Waals surface area (Å²) in [7, 11) is 0. The standard InChI is InChI=1S/C8H8O/c1-2-7-5-3-4-6-8(7)9/h2-6H,1H3/b7-2+. The predicted molar refractivity (Wildman–Crippen MR) is 37.0 cm³/mol. The topological polar surface area (TPSA) is 17.1 Å². The van der Waals surface area contributed by atoms with Crippen LogP contribution < -0.4 is 0 Å². The maximum atomic E-state index is 10.8. The van der Waals surface area contributed by atoms with Gasteiger partial charge in [0.05, 0.1) is 0 Å². The Bertz CT molecular complexity index is 207. The fourth-order valence-electron chi connectivity index (χ4n) is 0.719. The molecule has 0 radical (unpaired) electrons. The summed E-state index contributed by atoms with van der Waals surface area (Å²) in [4.78, 5) is 10.8. The van der Waals surface area contributed by atoms with Crippen LogP contribution in [0.5, 0.6) is 0 Å². The summed E-state index contributed by atoms with van der Waals surface area (Å²) in [6, 6.07) is 0. The Kier molecular flexibility index (Phi) is 1.63. The highest BCUT2D eigenvalue weighted by molar-refractivity contribution is 6.07. The van der Waals surface area contributed by atoms with E-state index < -0.39 is 0 Å². The summed E-state index contributed by atoms with van der Waals surface area (Å²) in [6.45, 7) is 1.86. The van der Waals surface area contributed by atoms with E-state index in [0.717, 1.165) is 5.57 Å². The first-order chi connectivity index (χ1) is 4.34.